The maximum Gasteiger partial charge on any atom is 0.289 e. The summed E-state index contributed by atoms with van der Waals surface area (Å²) in [6.45, 7) is 2.21. The summed E-state index contributed by atoms with van der Waals surface area (Å²) in [5, 5.41) is 22.5. The van der Waals surface area contributed by atoms with Gasteiger partial charge in [-0.1, -0.05) is 0 Å². The van der Waals surface area contributed by atoms with Crippen LogP contribution >= 0.6 is 0 Å². The second-order valence-corrected chi connectivity index (χ2v) is 3.84. The fourth-order valence-electron chi connectivity index (χ4n) is 1.41. The topological polar surface area (TPSA) is 110 Å². The van der Waals surface area contributed by atoms with Gasteiger partial charge in [0.05, 0.1) is 18.1 Å². The number of nitro groups is 1. The summed E-state index contributed by atoms with van der Waals surface area (Å²) in [7, 11) is 1.61. The van der Waals surface area contributed by atoms with E-state index in [0.717, 1.165) is 12.6 Å². The number of methoxy groups -OCH3 is 1. The zero-order valence-electron chi connectivity index (χ0n) is 11.2. The molecule has 8 nitrogen and oxygen atoms in total. The Morgan fingerprint density at radius 2 is 2.30 bits per heavy atom. The van der Waals surface area contributed by atoms with Crippen molar-refractivity contribution < 1.29 is 14.4 Å². The molecule has 0 aliphatic carbocycles. The third-order valence-electron chi connectivity index (χ3n) is 2.39. The third kappa shape index (κ3) is 5.17. The van der Waals surface area contributed by atoms with Crippen molar-refractivity contribution in [2.45, 2.75) is 6.42 Å². The molecular formula is C12H16N4O4. The molecule has 0 spiro atoms. The van der Waals surface area contributed by atoms with Crippen molar-refractivity contribution in [3.63, 3.8) is 0 Å². The molecule has 0 aliphatic rings. The summed E-state index contributed by atoms with van der Waals surface area (Å²) >= 11 is 0. The van der Waals surface area contributed by atoms with Gasteiger partial charge in [-0.2, -0.15) is 5.26 Å². The van der Waals surface area contributed by atoms with Crippen LogP contribution in [0.2, 0.25) is 0 Å². The predicted octanol–water partition coefficient (Wildman–Crippen LogP) is 1.33. The fourth-order valence-corrected chi connectivity index (χ4v) is 1.41. The first-order valence-electron chi connectivity index (χ1n) is 6.04. The molecule has 0 radical (unpaired) electrons. The molecule has 0 fully saturated rings. The molecular weight excluding hydrogens is 264 g/mol. The summed E-state index contributed by atoms with van der Waals surface area (Å²) in [5.41, 5.74) is -0.0468. The SMILES string of the molecule is COCCOCCCNc1ncc([N+](=O)[O-])cc1C#N. The fraction of sp³-hybridized carbons (Fsp3) is 0.500. The van der Waals surface area contributed by atoms with E-state index >= 15 is 0 Å². The Bertz CT molecular complexity index is 487. The van der Waals surface area contributed by atoms with E-state index in [4.69, 9.17) is 14.7 Å². The van der Waals surface area contributed by atoms with Crippen LogP contribution in [-0.2, 0) is 9.47 Å². The van der Waals surface area contributed by atoms with Crippen molar-refractivity contribution in [1.82, 2.24) is 4.98 Å². The van der Waals surface area contributed by atoms with Gasteiger partial charge in [0.1, 0.15) is 23.6 Å². The van der Waals surface area contributed by atoms with Crippen LogP contribution in [0.15, 0.2) is 12.3 Å². The van der Waals surface area contributed by atoms with Gasteiger partial charge >= 0.3 is 0 Å². The van der Waals surface area contributed by atoms with Crippen LogP contribution in [0, 0.1) is 21.4 Å². The van der Waals surface area contributed by atoms with Gasteiger partial charge in [-0.3, -0.25) is 10.1 Å². The van der Waals surface area contributed by atoms with Gasteiger partial charge in [0.2, 0.25) is 0 Å². The Labute approximate surface area is 116 Å². The highest BCUT2D eigenvalue weighted by atomic mass is 16.6. The van der Waals surface area contributed by atoms with Crippen molar-refractivity contribution in [2.75, 3.05) is 38.8 Å². The Kier molecular flexibility index (Phi) is 6.95. The van der Waals surface area contributed by atoms with E-state index in [1.54, 1.807) is 7.11 Å². The van der Waals surface area contributed by atoms with E-state index in [0.29, 0.717) is 32.2 Å². The van der Waals surface area contributed by atoms with Crippen LogP contribution < -0.4 is 5.32 Å². The number of hydrogen-bond donors (Lipinski definition) is 1. The highest BCUT2D eigenvalue weighted by Gasteiger charge is 2.11. The van der Waals surface area contributed by atoms with Gasteiger partial charge in [0.15, 0.2) is 0 Å². The zero-order valence-corrected chi connectivity index (χ0v) is 11.2. The Hall–Kier alpha value is -2.24. The first kappa shape index (κ1) is 15.8. The quantitative estimate of drug-likeness (QED) is 0.412. The molecule has 1 aromatic rings. The lowest BCUT2D eigenvalue weighted by atomic mass is 10.2. The van der Waals surface area contributed by atoms with Crippen LogP contribution in [0.4, 0.5) is 11.5 Å². The van der Waals surface area contributed by atoms with E-state index in [1.165, 1.54) is 6.07 Å². The lowest BCUT2D eigenvalue weighted by Gasteiger charge is -2.07. The number of ether oxygens (including phenoxy) is 2. The van der Waals surface area contributed by atoms with E-state index in [-0.39, 0.29) is 11.3 Å². The zero-order chi connectivity index (χ0) is 14.8. The molecule has 20 heavy (non-hydrogen) atoms. The van der Waals surface area contributed by atoms with Crippen LogP contribution in [0.25, 0.3) is 0 Å². The van der Waals surface area contributed by atoms with Gasteiger partial charge in [-0.25, -0.2) is 4.98 Å². The molecule has 0 aromatic carbocycles. The second kappa shape index (κ2) is 8.79. The molecule has 0 bridgehead atoms. The molecule has 0 unspecified atom stereocenters. The second-order valence-electron chi connectivity index (χ2n) is 3.84. The van der Waals surface area contributed by atoms with Crippen molar-refractivity contribution in [3.8, 4) is 6.07 Å². The summed E-state index contributed by atoms with van der Waals surface area (Å²) < 4.78 is 10.1. The number of aromatic nitrogens is 1. The van der Waals surface area contributed by atoms with Crippen molar-refractivity contribution >= 4 is 11.5 Å². The Balaban J connectivity index is 2.40. The van der Waals surface area contributed by atoms with Crippen molar-refractivity contribution in [1.29, 1.82) is 5.26 Å². The average Bonchev–Trinajstić information content (AvgIpc) is 2.46. The number of nitrogens with one attached hydrogen (secondary N) is 1. The molecule has 0 saturated carbocycles. The van der Waals surface area contributed by atoms with Gasteiger partial charge in [0.25, 0.3) is 5.69 Å². The minimum absolute atomic E-state index is 0.152. The maximum atomic E-state index is 10.6. The third-order valence-corrected chi connectivity index (χ3v) is 2.39. The van der Waals surface area contributed by atoms with E-state index in [2.05, 4.69) is 10.3 Å². The average molecular weight is 280 g/mol. The van der Waals surface area contributed by atoms with Gasteiger partial charge in [-0.15, -0.1) is 0 Å². The van der Waals surface area contributed by atoms with Crippen molar-refractivity contribution in [2.24, 2.45) is 0 Å². The number of hydrogen-bond acceptors (Lipinski definition) is 7. The number of nitriles is 1. The smallest absolute Gasteiger partial charge is 0.289 e. The molecule has 1 N–H and O–H groups in total. The van der Waals surface area contributed by atoms with Gasteiger partial charge < -0.3 is 14.8 Å². The van der Waals surface area contributed by atoms with Gasteiger partial charge in [0, 0.05) is 26.3 Å². The molecule has 8 heteroatoms. The summed E-state index contributed by atoms with van der Waals surface area (Å²) in [5.74, 6) is 0.343. The number of pyridine rings is 1. The first-order valence-corrected chi connectivity index (χ1v) is 6.04. The molecule has 1 heterocycles. The van der Waals surface area contributed by atoms with E-state index in [9.17, 15) is 10.1 Å². The van der Waals surface area contributed by atoms with Crippen LogP contribution in [0.1, 0.15) is 12.0 Å². The standard InChI is InChI=1S/C12H16N4O4/c1-19-5-6-20-4-2-3-14-12-10(8-13)7-11(9-15-12)16(17)18/h7,9H,2-6H2,1H3,(H,14,15). The monoisotopic (exact) mass is 280 g/mol. The van der Waals surface area contributed by atoms with E-state index < -0.39 is 4.92 Å². The Morgan fingerprint density at radius 1 is 1.50 bits per heavy atom. The highest BCUT2D eigenvalue weighted by Crippen LogP contribution is 2.17. The Morgan fingerprint density at radius 3 is 2.95 bits per heavy atom. The largest absolute Gasteiger partial charge is 0.382 e. The molecule has 1 aromatic heterocycles. The van der Waals surface area contributed by atoms with E-state index in [1.807, 2.05) is 6.07 Å². The van der Waals surface area contributed by atoms with Gasteiger partial charge in [-0.05, 0) is 6.42 Å². The molecule has 1 rings (SSSR count). The summed E-state index contributed by atoms with van der Waals surface area (Å²) in [6.07, 6.45) is 1.85. The number of anilines is 1. The minimum Gasteiger partial charge on any atom is -0.382 e. The lowest BCUT2D eigenvalue weighted by molar-refractivity contribution is -0.385. The maximum absolute atomic E-state index is 10.6. The molecule has 0 aliphatic heterocycles. The predicted molar refractivity (Wildman–Crippen MR) is 71.4 cm³/mol. The number of rotatable bonds is 9. The van der Waals surface area contributed by atoms with Crippen LogP contribution in [-0.4, -0.2) is 43.4 Å². The van der Waals surface area contributed by atoms with Crippen LogP contribution in [0.3, 0.4) is 0 Å². The molecule has 0 amide bonds. The van der Waals surface area contributed by atoms with Crippen molar-refractivity contribution in [3.05, 3.63) is 27.9 Å². The summed E-state index contributed by atoms with van der Waals surface area (Å²) in [6, 6.07) is 3.08. The lowest BCUT2D eigenvalue weighted by Crippen LogP contribution is -2.10. The molecule has 108 valence electrons. The van der Waals surface area contributed by atoms with Crippen LogP contribution in [0.5, 0.6) is 0 Å². The molecule has 0 saturated heterocycles. The summed E-state index contributed by atoms with van der Waals surface area (Å²) in [4.78, 5) is 13.9. The molecule has 0 atom stereocenters. The minimum atomic E-state index is -0.582. The first-order chi connectivity index (χ1) is 9.69. The highest BCUT2D eigenvalue weighted by molar-refractivity contribution is 5.55. The number of nitrogens with zero attached hydrogens (tertiary/aromatic N) is 3. The normalized spacial score (nSPS) is 10.0.